The maximum Gasteiger partial charge on any atom is 0.261 e. The minimum absolute atomic E-state index is 0.231. The lowest BCUT2D eigenvalue weighted by Crippen LogP contribution is -2.14. The predicted octanol–water partition coefficient (Wildman–Crippen LogP) is 3.10. The number of hydrogen-bond donors (Lipinski definition) is 1. The third-order valence-electron chi connectivity index (χ3n) is 3.50. The molecule has 1 aromatic heterocycles. The minimum atomic E-state index is -3.64. The summed E-state index contributed by atoms with van der Waals surface area (Å²) in [5.74, 6) is 0. The molecular formula is C17H17N3O2S. The van der Waals surface area contributed by atoms with E-state index in [-0.39, 0.29) is 4.90 Å². The minimum Gasteiger partial charge on any atom is -0.378 e. The highest BCUT2D eigenvalue weighted by atomic mass is 32.2. The van der Waals surface area contributed by atoms with Crippen LogP contribution in [0, 0.1) is 0 Å². The third kappa shape index (κ3) is 3.27. The molecule has 6 heteroatoms. The van der Waals surface area contributed by atoms with Gasteiger partial charge in [-0.05, 0) is 42.5 Å². The summed E-state index contributed by atoms with van der Waals surface area (Å²) in [6, 6.07) is 15.8. The van der Waals surface area contributed by atoms with Crippen LogP contribution in [0.4, 0.5) is 11.4 Å². The Balaban J connectivity index is 1.94. The van der Waals surface area contributed by atoms with Gasteiger partial charge in [-0.1, -0.05) is 12.1 Å². The summed E-state index contributed by atoms with van der Waals surface area (Å²) in [5.41, 5.74) is 2.17. The van der Waals surface area contributed by atoms with Crippen LogP contribution in [0.25, 0.3) is 10.9 Å². The van der Waals surface area contributed by atoms with E-state index in [1.54, 1.807) is 42.6 Å². The Labute approximate surface area is 135 Å². The van der Waals surface area contributed by atoms with Gasteiger partial charge in [-0.3, -0.25) is 9.71 Å². The van der Waals surface area contributed by atoms with E-state index in [4.69, 9.17) is 0 Å². The van der Waals surface area contributed by atoms with Gasteiger partial charge in [-0.2, -0.15) is 0 Å². The van der Waals surface area contributed by atoms with E-state index in [2.05, 4.69) is 9.71 Å². The molecule has 118 valence electrons. The number of fused-ring (bicyclic) bond motifs is 1. The summed E-state index contributed by atoms with van der Waals surface area (Å²) in [7, 11) is 0.106. The van der Waals surface area contributed by atoms with Crippen LogP contribution >= 0.6 is 0 Å². The Morgan fingerprint density at radius 2 is 1.83 bits per heavy atom. The summed E-state index contributed by atoms with van der Waals surface area (Å²) in [5, 5.41) is 0.884. The monoisotopic (exact) mass is 327 g/mol. The van der Waals surface area contributed by atoms with Gasteiger partial charge in [-0.25, -0.2) is 8.42 Å². The molecule has 0 bridgehead atoms. The number of nitrogens with one attached hydrogen (secondary N) is 1. The van der Waals surface area contributed by atoms with Crippen LogP contribution < -0.4 is 9.62 Å². The Hall–Kier alpha value is -2.60. The van der Waals surface area contributed by atoms with Gasteiger partial charge in [0.15, 0.2) is 0 Å². The van der Waals surface area contributed by atoms with E-state index in [9.17, 15) is 8.42 Å². The quantitative estimate of drug-likeness (QED) is 0.800. The van der Waals surface area contributed by atoms with Gasteiger partial charge in [0.05, 0.1) is 10.4 Å². The van der Waals surface area contributed by atoms with Crippen LogP contribution in [0.15, 0.2) is 65.7 Å². The topological polar surface area (TPSA) is 62.3 Å². The molecule has 2 aromatic carbocycles. The molecular weight excluding hydrogens is 310 g/mol. The van der Waals surface area contributed by atoms with E-state index in [0.717, 1.165) is 16.6 Å². The van der Waals surface area contributed by atoms with Crippen molar-refractivity contribution in [2.24, 2.45) is 0 Å². The Bertz CT molecular complexity index is 953. The standard InChI is InChI=1S/C17H17N3O2S/c1-20(2)15-6-3-7-16(12-15)23(21,22)19-14-8-9-17-13(11-14)5-4-10-18-17/h3-12,19H,1-2H3. The molecule has 0 unspecified atom stereocenters. The second kappa shape index (κ2) is 5.89. The van der Waals surface area contributed by atoms with Crippen molar-refractivity contribution in [1.82, 2.24) is 4.98 Å². The van der Waals surface area contributed by atoms with Crippen LogP contribution in [0.3, 0.4) is 0 Å². The first kappa shape index (κ1) is 15.3. The summed E-state index contributed by atoms with van der Waals surface area (Å²) in [6.07, 6.45) is 1.71. The average molecular weight is 327 g/mol. The van der Waals surface area contributed by atoms with Gasteiger partial charge in [0.25, 0.3) is 10.0 Å². The fourth-order valence-corrected chi connectivity index (χ4v) is 3.37. The lowest BCUT2D eigenvalue weighted by molar-refractivity contribution is 0.601. The molecule has 0 aliphatic heterocycles. The van der Waals surface area contributed by atoms with Crippen LogP contribution in [-0.2, 0) is 10.0 Å². The lowest BCUT2D eigenvalue weighted by Gasteiger charge is -2.14. The van der Waals surface area contributed by atoms with Crippen LogP contribution in [0.1, 0.15) is 0 Å². The predicted molar refractivity (Wildman–Crippen MR) is 93.3 cm³/mol. The number of hydrogen-bond acceptors (Lipinski definition) is 4. The SMILES string of the molecule is CN(C)c1cccc(S(=O)(=O)Nc2ccc3ncccc3c2)c1. The number of rotatable bonds is 4. The first-order chi connectivity index (χ1) is 11.0. The van der Waals surface area contributed by atoms with E-state index in [1.165, 1.54) is 0 Å². The summed E-state index contributed by atoms with van der Waals surface area (Å²) in [4.78, 5) is 6.32. The molecule has 3 aromatic rings. The van der Waals surface area contributed by atoms with Gasteiger partial charge < -0.3 is 4.90 Å². The number of benzene rings is 2. The average Bonchev–Trinajstić information content (AvgIpc) is 2.54. The molecule has 0 spiro atoms. The van der Waals surface area contributed by atoms with Crippen LogP contribution in [0.2, 0.25) is 0 Å². The van der Waals surface area contributed by atoms with Gasteiger partial charge in [0.2, 0.25) is 0 Å². The molecule has 0 aliphatic carbocycles. The Morgan fingerprint density at radius 3 is 2.61 bits per heavy atom. The van der Waals surface area contributed by atoms with Crippen LogP contribution in [0.5, 0.6) is 0 Å². The van der Waals surface area contributed by atoms with Gasteiger partial charge in [0, 0.05) is 37.1 Å². The normalized spacial score (nSPS) is 11.4. The molecule has 1 heterocycles. The fourth-order valence-electron chi connectivity index (χ4n) is 2.28. The molecule has 0 atom stereocenters. The molecule has 0 saturated heterocycles. The van der Waals surface area contributed by atoms with E-state index >= 15 is 0 Å². The van der Waals surface area contributed by atoms with E-state index < -0.39 is 10.0 Å². The van der Waals surface area contributed by atoms with Crippen molar-refractivity contribution < 1.29 is 8.42 Å². The third-order valence-corrected chi connectivity index (χ3v) is 4.88. The molecule has 1 N–H and O–H groups in total. The highest BCUT2D eigenvalue weighted by Crippen LogP contribution is 2.22. The fraction of sp³-hybridized carbons (Fsp3) is 0.118. The Morgan fingerprint density at radius 1 is 1.00 bits per heavy atom. The molecule has 0 fully saturated rings. The smallest absolute Gasteiger partial charge is 0.261 e. The van der Waals surface area contributed by atoms with Gasteiger partial charge >= 0.3 is 0 Å². The van der Waals surface area contributed by atoms with Crippen molar-refractivity contribution in [1.29, 1.82) is 0 Å². The zero-order valence-corrected chi connectivity index (χ0v) is 13.7. The maximum atomic E-state index is 12.6. The zero-order chi connectivity index (χ0) is 16.4. The van der Waals surface area contributed by atoms with Crippen molar-refractivity contribution in [3.05, 3.63) is 60.8 Å². The molecule has 0 aliphatic rings. The van der Waals surface area contributed by atoms with E-state index in [0.29, 0.717) is 5.69 Å². The van der Waals surface area contributed by atoms with Crippen molar-refractivity contribution in [2.45, 2.75) is 4.90 Å². The number of nitrogens with zero attached hydrogens (tertiary/aromatic N) is 2. The maximum absolute atomic E-state index is 12.6. The van der Waals surface area contributed by atoms with Crippen LogP contribution in [-0.4, -0.2) is 27.5 Å². The van der Waals surface area contributed by atoms with Crippen molar-refractivity contribution in [2.75, 3.05) is 23.7 Å². The molecule has 0 radical (unpaired) electrons. The molecule has 23 heavy (non-hydrogen) atoms. The van der Waals surface area contributed by atoms with Gasteiger partial charge in [0.1, 0.15) is 0 Å². The first-order valence-corrected chi connectivity index (χ1v) is 8.59. The highest BCUT2D eigenvalue weighted by molar-refractivity contribution is 7.92. The van der Waals surface area contributed by atoms with Crippen molar-refractivity contribution in [3.63, 3.8) is 0 Å². The Kier molecular flexibility index (Phi) is 3.92. The zero-order valence-electron chi connectivity index (χ0n) is 12.9. The largest absolute Gasteiger partial charge is 0.378 e. The molecule has 0 amide bonds. The van der Waals surface area contributed by atoms with Crippen molar-refractivity contribution >= 4 is 32.3 Å². The first-order valence-electron chi connectivity index (χ1n) is 7.11. The number of aromatic nitrogens is 1. The second-order valence-corrected chi connectivity index (χ2v) is 7.09. The number of pyridine rings is 1. The van der Waals surface area contributed by atoms with E-state index in [1.807, 2.05) is 37.2 Å². The van der Waals surface area contributed by atoms with Gasteiger partial charge in [-0.15, -0.1) is 0 Å². The lowest BCUT2D eigenvalue weighted by atomic mass is 10.2. The summed E-state index contributed by atoms with van der Waals surface area (Å²) < 4.78 is 27.8. The second-order valence-electron chi connectivity index (χ2n) is 5.41. The summed E-state index contributed by atoms with van der Waals surface area (Å²) >= 11 is 0. The number of sulfonamides is 1. The molecule has 0 saturated carbocycles. The highest BCUT2D eigenvalue weighted by Gasteiger charge is 2.15. The summed E-state index contributed by atoms with van der Waals surface area (Å²) in [6.45, 7) is 0. The molecule has 3 rings (SSSR count). The molecule has 5 nitrogen and oxygen atoms in total. The van der Waals surface area contributed by atoms with Crippen molar-refractivity contribution in [3.8, 4) is 0 Å². The number of anilines is 2.